The predicted octanol–water partition coefficient (Wildman–Crippen LogP) is 2.92. The molecule has 0 saturated carbocycles. The molecular weight excluding hydrogens is 236 g/mol. The molecule has 1 atom stereocenters. The van der Waals surface area contributed by atoms with Crippen molar-refractivity contribution in [2.24, 2.45) is 5.92 Å². The number of carbonyl (C=O) groups is 1. The lowest BCUT2D eigenvalue weighted by atomic mass is 9.85. The van der Waals surface area contributed by atoms with E-state index in [9.17, 15) is 4.79 Å². The molecule has 2 rings (SSSR count). The van der Waals surface area contributed by atoms with E-state index in [-0.39, 0.29) is 17.2 Å². The number of carbonyl (C=O) groups excluding carboxylic acids is 1. The summed E-state index contributed by atoms with van der Waals surface area (Å²) in [5.41, 5.74) is 2.17. The summed E-state index contributed by atoms with van der Waals surface area (Å²) in [5.74, 6) is 0.241. The Kier molecular flexibility index (Phi) is 4.25. The van der Waals surface area contributed by atoms with Gasteiger partial charge in [0.05, 0.1) is 5.92 Å². The van der Waals surface area contributed by atoms with Crippen molar-refractivity contribution < 1.29 is 4.79 Å². The molecule has 3 nitrogen and oxygen atoms in total. The fourth-order valence-corrected chi connectivity index (χ4v) is 2.56. The fourth-order valence-electron chi connectivity index (χ4n) is 2.56. The van der Waals surface area contributed by atoms with Crippen LogP contribution in [0.25, 0.3) is 0 Å². The van der Waals surface area contributed by atoms with Crippen LogP contribution in [-0.2, 0) is 10.2 Å². The van der Waals surface area contributed by atoms with Gasteiger partial charge in [0, 0.05) is 12.2 Å². The number of amides is 1. The molecule has 0 unspecified atom stereocenters. The summed E-state index contributed by atoms with van der Waals surface area (Å²) in [6.45, 7) is 8.33. The number of para-hydroxylation sites is 1. The van der Waals surface area contributed by atoms with Crippen LogP contribution < -0.4 is 10.6 Å². The smallest absolute Gasteiger partial charge is 0.228 e. The molecule has 1 heterocycles. The summed E-state index contributed by atoms with van der Waals surface area (Å²) in [5, 5.41) is 6.39. The molecule has 0 spiro atoms. The zero-order valence-corrected chi connectivity index (χ0v) is 12.1. The van der Waals surface area contributed by atoms with E-state index in [2.05, 4.69) is 37.5 Å². The lowest BCUT2D eigenvalue weighted by molar-refractivity contribution is -0.120. The molecule has 3 heteroatoms. The van der Waals surface area contributed by atoms with Gasteiger partial charge in [-0.25, -0.2) is 0 Å². The maximum Gasteiger partial charge on any atom is 0.228 e. The van der Waals surface area contributed by atoms with E-state index >= 15 is 0 Å². The minimum absolute atomic E-state index is 0.0364. The van der Waals surface area contributed by atoms with Crippen LogP contribution in [0, 0.1) is 5.92 Å². The van der Waals surface area contributed by atoms with Crippen LogP contribution in [0.5, 0.6) is 0 Å². The lowest BCUT2D eigenvalue weighted by Gasteiger charge is -2.26. The normalized spacial score (nSPS) is 20.1. The number of rotatable bonds is 2. The molecule has 1 aliphatic rings. The number of nitrogens with one attached hydrogen (secondary N) is 2. The van der Waals surface area contributed by atoms with Gasteiger partial charge in [-0.2, -0.15) is 0 Å². The molecule has 0 bridgehead atoms. The van der Waals surface area contributed by atoms with Gasteiger partial charge in [0.1, 0.15) is 0 Å². The van der Waals surface area contributed by atoms with Gasteiger partial charge in [0.15, 0.2) is 0 Å². The third-order valence-electron chi connectivity index (χ3n) is 3.66. The first-order valence-corrected chi connectivity index (χ1v) is 7.09. The van der Waals surface area contributed by atoms with Gasteiger partial charge in [-0.15, -0.1) is 0 Å². The van der Waals surface area contributed by atoms with Crippen LogP contribution in [0.3, 0.4) is 0 Å². The molecule has 1 fully saturated rings. The molecule has 0 radical (unpaired) electrons. The first kappa shape index (κ1) is 14.1. The third-order valence-corrected chi connectivity index (χ3v) is 3.66. The molecule has 1 aromatic carbocycles. The van der Waals surface area contributed by atoms with E-state index in [1.54, 1.807) is 0 Å². The van der Waals surface area contributed by atoms with Gasteiger partial charge in [-0.3, -0.25) is 4.79 Å². The van der Waals surface area contributed by atoms with Crippen LogP contribution in [-0.4, -0.2) is 19.0 Å². The molecule has 0 aromatic heterocycles. The van der Waals surface area contributed by atoms with Gasteiger partial charge >= 0.3 is 0 Å². The minimum atomic E-state index is 0.0364. The van der Waals surface area contributed by atoms with Crippen molar-refractivity contribution in [3.63, 3.8) is 0 Å². The zero-order chi connectivity index (χ0) is 13.9. The summed E-state index contributed by atoms with van der Waals surface area (Å²) in [6.07, 6.45) is 2.07. The summed E-state index contributed by atoms with van der Waals surface area (Å²) in [7, 11) is 0. The van der Waals surface area contributed by atoms with Gasteiger partial charge in [-0.1, -0.05) is 39.0 Å². The van der Waals surface area contributed by atoms with Crippen molar-refractivity contribution in [3.8, 4) is 0 Å². The highest BCUT2D eigenvalue weighted by molar-refractivity contribution is 5.93. The molecule has 0 aliphatic carbocycles. The van der Waals surface area contributed by atoms with Gasteiger partial charge in [-0.05, 0) is 36.4 Å². The van der Waals surface area contributed by atoms with Crippen molar-refractivity contribution in [1.82, 2.24) is 5.32 Å². The number of anilines is 1. The fraction of sp³-hybridized carbons (Fsp3) is 0.562. The van der Waals surface area contributed by atoms with Crippen molar-refractivity contribution in [3.05, 3.63) is 29.8 Å². The Balaban J connectivity index is 2.12. The standard InChI is InChI=1S/C16H24N2O/c1-16(2,3)13-8-4-5-9-14(13)18-15(19)12-7-6-10-17-11-12/h4-5,8-9,12,17H,6-7,10-11H2,1-3H3,(H,18,19)/t12-/m0/s1. The minimum Gasteiger partial charge on any atom is -0.326 e. The topological polar surface area (TPSA) is 41.1 Å². The summed E-state index contributed by atoms with van der Waals surface area (Å²) in [6, 6.07) is 8.09. The van der Waals surface area contributed by atoms with Crippen molar-refractivity contribution in [2.75, 3.05) is 18.4 Å². The molecule has 1 aliphatic heterocycles. The van der Waals surface area contributed by atoms with E-state index in [0.717, 1.165) is 31.6 Å². The van der Waals surface area contributed by atoms with Gasteiger partial charge in [0.2, 0.25) is 5.91 Å². The molecular formula is C16H24N2O. The number of hydrogen-bond acceptors (Lipinski definition) is 2. The second kappa shape index (κ2) is 5.74. The number of piperidine rings is 1. The average Bonchev–Trinajstić information content (AvgIpc) is 2.39. The SMILES string of the molecule is CC(C)(C)c1ccccc1NC(=O)[C@H]1CCCNC1. The molecule has 1 amide bonds. The van der Waals surface area contributed by atoms with Gasteiger partial charge in [0.25, 0.3) is 0 Å². The van der Waals surface area contributed by atoms with Crippen molar-refractivity contribution in [1.29, 1.82) is 0 Å². The van der Waals surface area contributed by atoms with Crippen LogP contribution in [0.15, 0.2) is 24.3 Å². The highest BCUT2D eigenvalue weighted by Crippen LogP contribution is 2.29. The van der Waals surface area contributed by atoms with E-state index in [1.165, 1.54) is 5.56 Å². The molecule has 19 heavy (non-hydrogen) atoms. The Labute approximate surface area is 115 Å². The summed E-state index contributed by atoms with van der Waals surface area (Å²) >= 11 is 0. The first-order valence-electron chi connectivity index (χ1n) is 7.09. The van der Waals surface area contributed by atoms with E-state index < -0.39 is 0 Å². The van der Waals surface area contributed by atoms with Crippen molar-refractivity contribution >= 4 is 11.6 Å². The second-order valence-electron chi connectivity index (χ2n) is 6.33. The Hall–Kier alpha value is -1.35. The Morgan fingerprint density at radius 1 is 1.32 bits per heavy atom. The number of benzene rings is 1. The third kappa shape index (κ3) is 3.57. The average molecular weight is 260 g/mol. The van der Waals surface area contributed by atoms with E-state index in [0.29, 0.717) is 0 Å². The molecule has 104 valence electrons. The maximum absolute atomic E-state index is 12.3. The quantitative estimate of drug-likeness (QED) is 0.858. The van der Waals surface area contributed by atoms with E-state index in [1.807, 2.05) is 18.2 Å². The van der Waals surface area contributed by atoms with Crippen molar-refractivity contribution in [2.45, 2.75) is 39.0 Å². The Morgan fingerprint density at radius 2 is 2.05 bits per heavy atom. The zero-order valence-electron chi connectivity index (χ0n) is 12.1. The van der Waals surface area contributed by atoms with Gasteiger partial charge < -0.3 is 10.6 Å². The molecule has 1 aromatic rings. The Morgan fingerprint density at radius 3 is 2.68 bits per heavy atom. The summed E-state index contributed by atoms with van der Waals surface area (Å²) < 4.78 is 0. The monoisotopic (exact) mass is 260 g/mol. The maximum atomic E-state index is 12.3. The highest BCUT2D eigenvalue weighted by Gasteiger charge is 2.23. The number of hydrogen-bond donors (Lipinski definition) is 2. The highest BCUT2D eigenvalue weighted by atomic mass is 16.1. The Bertz CT molecular complexity index is 442. The first-order chi connectivity index (χ1) is 8.98. The largest absolute Gasteiger partial charge is 0.326 e. The molecule has 2 N–H and O–H groups in total. The summed E-state index contributed by atoms with van der Waals surface area (Å²) in [4.78, 5) is 12.3. The predicted molar refractivity (Wildman–Crippen MR) is 79.4 cm³/mol. The van der Waals surface area contributed by atoms with Crippen LogP contribution >= 0.6 is 0 Å². The van der Waals surface area contributed by atoms with Crippen LogP contribution in [0.2, 0.25) is 0 Å². The lowest BCUT2D eigenvalue weighted by Crippen LogP contribution is -2.37. The second-order valence-corrected chi connectivity index (χ2v) is 6.33. The van der Waals surface area contributed by atoms with E-state index in [4.69, 9.17) is 0 Å². The van der Waals surface area contributed by atoms with Crippen LogP contribution in [0.1, 0.15) is 39.2 Å². The van der Waals surface area contributed by atoms with Crippen LogP contribution in [0.4, 0.5) is 5.69 Å². The molecule has 1 saturated heterocycles.